The van der Waals surface area contributed by atoms with Gasteiger partial charge in [0.05, 0.1) is 0 Å². The van der Waals surface area contributed by atoms with Crippen molar-refractivity contribution in [1.29, 1.82) is 5.26 Å². The number of carbonyl (C=O) groups excluding carboxylic acids is 2. The number of carbonyl (C=O) groups is 2. The van der Waals surface area contributed by atoms with Gasteiger partial charge in [0, 0.05) is 31.0 Å². The second kappa shape index (κ2) is 10.8. The van der Waals surface area contributed by atoms with Crippen LogP contribution in [0.5, 0.6) is 0 Å². The van der Waals surface area contributed by atoms with E-state index in [1.807, 2.05) is 26.0 Å². The van der Waals surface area contributed by atoms with Crippen molar-refractivity contribution in [2.75, 3.05) is 19.7 Å². The van der Waals surface area contributed by atoms with Gasteiger partial charge in [-0.15, -0.1) is 0 Å². The second-order valence-corrected chi connectivity index (χ2v) is 8.23. The monoisotopic (exact) mass is 399 g/mol. The molecule has 29 heavy (non-hydrogen) atoms. The summed E-state index contributed by atoms with van der Waals surface area (Å²) in [5.41, 5.74) is 2.83. The fourth-order valence-electron chi connectivity index (χ4n) is 3.71. The van der Waals surface area contributed by atoms with Gasteiger partial charge in [-0.2, -0.15) is 5.26 Å². The van der Waals surface area contributed by atoms with E-state index in [0.717, 1.165) is 49.2 Å². The smallest absolute Gasteiger partial charge is 0.349 e. The molecule has 158 valence electrons. The SMILES string of the molecule is Cc1cc(/C=C(\C#N)C(=O)OCC(=O)N2CCCCCCC2)c(C)n1CC(C)C. The van der Waals surface area contributed by atoms with Gasteiger partial charge in [0.2, 0.25) is 0 Å². The molecule has 1 amide bonds. The summed E-state index contributed by atoms with van der Waals surface area (Å²) in [7, 11) is 0. The summed E-state index contributed by atoms with van der Waals surface area (Å²) in [6, 6.07) is 3.89. The summed E-state index contributed by atoms with van der Waals surface area (Å²) in [6.45, 7) is 10.3. The van der Waals surface area contributed by atoms with Gasteiger partial charge in [-0.05, 0) is 50.3 Å². The topological polar surface area (TPSA) is 75.3 Å². The number of nitrogens with zero attached hydrogens (tertiary/aromatic N) is 3. The molecule has 0 spiro atoms. The Morgan fingerprint density at radius 3 is 2.38 bits per heavy atom. The Balaban J connectivity index is 2.03. The van der Waals surface area contributed by atoms with Crippen LogP contribution in [-0.2, 0) is 20.9 Å². The molecule has 6 heteroatoms. The van der Waals surface area contributed by atoms with Crippen LogP contribution in [-0.4, -0.2) is 41.0 Å². The Labute approximate surface area is 174 Å². The van der Waals surface area contributed by atoms with Gasteiger partial charge in [-0.25, -0.2) is 4.79 Å². The van der Waals surface area contributed by atoms with Crippen LogP contribution in [0.1, 0.15) is 62.9 Å². The lowest BCUT2D eigenvalue weighted by atomic mass is 10.1. The van der Waals surface area contributed by atoms with Crippen molar-refractivity contribution in [3.63, 3.8) is 0 Å². The summed E-state index contributed by atoms with van der Waals surface area (Å²) in [5, 5.41) is 9.43. The van der Waals surface area contributed by atoms with Crippen LogP contribution in [0.2, 0.25) is 0 Å². The minimum atomic E-state index is -0.749. The number of hydrogen-bond donors (Lipinski definition) is 0. The van der Waals surface area contributed by atoms with Crippen molar-refractivity contribution < 1.29 is 14.3 Å². The van der Waals surface area contributed by atoms with Gasteiger partial charge >= 0.3 is 5.97 Å². The van der Waals surface area contributed by atoms with Gasteiger partial charge in [-0.3, -0.25) is 4.79 Å². The predicted octanol–water partition coefficient (Wildman–Crippen LogP) is 4.00. The molecule has 0 saturated carbocycles. The van der Waals surface area contributed by atoms with Crippen molar-refractivity contribution >= 4 is 18.0 Å². The molecular formula is C23H33N3O3. The van der Waals surface area contributed by atoms with Gasteiger partial charge in [-0.1, -0.05) is 33.1 Å². The number of nitriles is 1. The third kappa shape index (κ3) is 6.49. The number of amides is 1. The fraction of sp³-hybridized carbons (Fsp3) is 0.609. The van der Waals surface area contributed by atoms with E-state index in [-0.39, 0.29) is 18.1 Å². The highest BCUT2D eigenvalue weighted by molar-refractivity contribution is 5.99. The molecule has 1 aliphatic heterocycles. The molecule has 0 radical (unpaired) electrons. The number of aromatic nitrogens is 1. The van der Waals surface area contributed by atoms with Crippen molar-refractivity contribution in [3.8, 4) is 6.07 Å². The van der Waals surface area contributed by atoms with E-state index in [2.05, 4.69) is 18.4 Å². The molecule has 1 saturated heterocycles. The first-order valence-corrected chi connectivity index (χ1v) is 10.6. The van der Waals surface area contributed by atoms with E-state index >= 15 is 0 Å². The highest BCUT2D eigenvalue weighted by Gasteiger charge is 2.19. The molecule has 0 bridgehead atoms. The number of rotatable bonds is 6. The molecule has 0 aliphatic carbocycles. The van der Waals surface area contributed by atoms with E-state index in [4.69, 9.17) is 4.74 Å². The zero-order valence-electron chi connectivity index (χ0n) is 18.2. The highest BCUT2D eigenvalue weighted by Crippen LogP contribution is 2.20. The molecule has 0 unspecified atom stereocenters. The molecule has 2 rings (SSSR count). The average molecular weight is 400 g/mol. The van der Waals surface area contributed by atoms with Gasteiger partial charge in [0.1, 0.15) is 11.6 Å². The van der Waals surface area contributed by atoms with Crippen LogP contribution < -0.4 is 0 Å². The zero-order chi connectivity index (χ0) is 21.4. The largest absolute Gasteiger partial charge is 0.451 e. The lowest BCUT2D eigenvalue weighted by Crippen LogP contribution is -2.37. The van der Waals surface area contributed by atoms with Crippen molar-refractivity contribution in [1.82, 2.24) is 9.47 Å². The molecule has 6 nitrogen and oxygen atoms in total. The maximum Gasteiger partial charge on any atom is 0.349 e. The molecule has 0 aromatic carbocycles. The molecule has 2 heterocycles. The summed E-state index contributed by atoms with van der Waals surface area (Å²) in [4.78, 5) is 26.5. The first-order valence-electron chi connectivity index (χ1n) is 10.6. The number of likely N-dealkylation sites (tertiary alicyclic amines) is 1. The lowest BCUT2D eigenvalue weighted by molar-refractivity contribution is -0.148. The number of hydrogen-bond acceptors (Lipinski definition) is 4. The standard InChI is InChI=1S/C23H33N3O3/c1-17(2)15-26-18(3)12-20(19(26)4)13-21(14-24)23(28)29-16-22(27)25-10-8-6-5-7-9-11-25/h12-13,17H,5-11,15-16H2,1-4H3/b21-13+. The zero-order valence-corrected chi connectivity index (χ0v) is 18.2. The molecule has 1 fully saturated rings. The van der Waals surface area contributed by atoms with E-state index in [0.29, 0.717) is 19.0 Å². The molecule has 1 aromatic heterocycles. The summed E-state index contributed by atoms with van der Waals surface area (Å²) in [5.74, 6) is -0.444. The molecule has 1 aliphatic rings. The van der Waals surface area contributed by atoms with Crippen LogP contribution in [0.3, 0.4) is 0 Å². The Morgan fingerprint density at radius 1 is 1.17 bits per heavy atom. The van der Waals surface area contributed by atoms with Crippen molar-refractivity contribution in [3.05, 3.63) is 28.6 Å². The van der Waals surface area contributed by atoms with E-state index in [9.17, 15) is 14.9 Å². The minimum Gasteiger partial charge on any atom is -0.451 e. The van der Waals surface area contributed by atoms with Crippen LogP contribution in [0.15, 0.2) is 11.6 Å². The Hall–Kier alpha value is -2.55. The Bertz CT molecular complexity index is 791. The van der Waals surface area contributed by atoms with Crippen LogP contribution in [0.25, 0.3) is 6.08 Å². The summed E-state index contributed by atoms with van der Waals surface area (Å²) >= 11 is 0. The average Bonchev–Trinajstić information content (AvgIpc) is 2.90. The van der Waals surface area contributed by atoms with Crippen LogP contribution in [0, 0.1) is 31.1 Å². The first-order chi connectivity index (χ1) is 13.8. The maximum atomic E-state index is 12.4. The molecule has 0 N–H and O–H groups in total. The molecule has 0 atom stereocenters. The van der Waals surface area contributed by atoms with Crippen LogP contribution >= 0.6 is 0 Å². The normalized spacial score (nSPS) is 15.6. The second-order valence-electron chi connectivity index (χ2n) is 8.23. The molecular weight excluding hydrogens is 366 g/mol. The third-order valence-electron chi connectivity index (χ3n) is 5.34. The fourth-order valence-corrected chi connectivity index (χ4v) is 3.71. The quantitative estimate of drug-likeness (QED) is 0.412. The highest BCUT2D eigenvalue weighted by atomic mass is 16.5. The van der Waals surface area contributed by atoms with Crippen LogP contribution in [0.4, 0.5) is 0 Å². The summed E-state index contributed by atoms with van der Waals surface area (Å²) in [6.07, 6.45) is 6.98. The Morgan fingerprint density at radius 2 is 1.79 bits per heavy atom. The first kappa shape index (κ1) is 22.7. The lowest BCUT2D eigenvalue weighted by Gasteiger charge is -2.24. The Kier molecular flexibility index (Phi) is 8.50. The maximum absolute atomic E-state index is 12.4. The van der Waals surface area contributed by atoms with Gasteiger partial charge in [0.25, 0.3) is 5.91 Å². The number of aryl methyl sites for hydroxylation is 1. The third-order valence-corrected chi connectivity index (χ3v) is 5.34. The number of esters is 1. The van der Waals surface area contributed by atoms with Crippen molar-refractivity contribution in [2.45, 2.75) is 66.3 Å². The van der Waals surface area contributed by atoms with Gasteiger partial charge in [0.15, 0.2) is 6.61 Å². The van der Waals surface area contributed by atoms with Crippen molar-refractivity contribution in [2.24, 2.45) is 5.92 Å². The van der Waals surface area contributed by atoms with E-state index in [1.54, 1.807) is 11.0 Å². The number of ether oxygens (including phenoxy) is 1. The minimum absolute atomic E-state index is 0.0877. The van der Waals surface area contributed by atoms with E-state index in [1.165, 1.54) is 6.42 Å². The summed E-state index contributed by atoms with van der Waals surface area (Å²) < 4.78 is 7.35. The van der Waals surface area contributed by atoms with E-state index < -0.39 is 5.97 Å². The molecule has 1 aromatic rings. The van der Waals surface area contributed by atoms with Gasteiger partial charge < -0.3 is 14.2 Å². The predicted molar refractivity (Wildman–Crippen MR) is 113 cm³/mol.